The molecule has 2 aromatic rings. The number of fused-ring (bicyclic) bond motifs is 1. The molecular formula is C16H18N2O3. The number of carbonyl (C=O) groups is 2. The number of benzene rings is 1. The zero-order valence-corrected chi connectivity index (χ0v) is 12.1. The molecule has 1 N–H and O–H groups in total. The Kier molecular flexibility index (Phi) is 4.42. The highest BCUT2D eigenvalue weighted by Gasteiger charge is 2.21. The van der Waals surface area contributed by atoms with Crippen LogP contribution in [0.3, 0.4) is 0 Å². The lowest BCUT2D eigenvalue weighted by Gasteiger charge is -2.12. The van der Waals surface area contributed by atoms with Gasteiger partial charge in [0.1, 0.15) is 0 Å². The van der Waals surface area contributed by atoms with Gasteiger partial charge in [-0.2, -0.15) is 0 Å². The lowest BCUT2D eigenvalue weighted by molar-refractivity contribution is -0.128. The van der Waals surface area contributed by atoms with Gasteiger partial charge >= 0.3 is 5.97 Å². The summed E-state index contributed by atoms with van der Waals surface area (Å²) in [5, 5.41) is 3.40. The molecule has 21 heavy (non-hydrogen) atoms. The van der Waals surface area contributed by atoms with Gasteiger partial charge in [0.2, 0.25) is 0 Å². The van der Waals surface area contributed by atoms with Crippen molar-refractivity contribution in [3.63, 3.8) is 0 Å². The molecule has 0 radical (unpaired) electrons. The highest BCUT2D eigenvalue weighted by molar-refractivity contribution is 6.05. The van der Waals surface area contributed by atoms with Crippen LogP contribution in [0, 0.1) is 0 Å². The van der Waals surface area contributed by atoms with Crippen molar-refractivity contribution in [2.75, 3.05) is 6.54 Å². The van der Waals surface area contributed by atoms with Crippen LogP contribution in [0.2, 0.25) is 0 Å². The van der Waals surface area contributed by atoms with Crippen LogP contribution in [0.1, 0.15) is 17.3 Å². The summed E-state index contributed by atoms with van der Waals surface area (Å²) in [7, 11) is 1.86. The lowest BCUT2D eigenvalue weighted by atomic mass is 10.2. The molecule has 5 nitrogen and oxygen atoms in total. The quantitative estimate of drug-likeness (QED) is 0.676. The van der Waals surface area contributed by atoms with Gasteiger partial charge in [-0.1, -0.05) is 24.3 Å². The fourth-order valence-electron chi connectivity index (χ4n) is 2.10. The van der Waals surface area contributed by atoms with Crippen molar-refractivity contribution < 1.29 is 14.3 Å². The fraction of sp³-hybridized carbons (Fsp3) is 0.250. The van der Waals surface area contributed by atoms with E-state index in [2.05, 4.69) is 11.9 Å². The number of esters is 1. The number of rotatable bonds is 5. The fourth-order valence-corrected chi connectivity index (χ4v) is 2.10. The van der Waals surface area contributed by atoms with Crippen LogP contribution in [-0.2, 0) is 16.6 Å². The smallest absolute Gasteiger partial charge is 0.341 e. The first-order chi connectivity index (χ1) is 10.0. The number of aromatic nitrogens is 1. The number of ether oxygens (including phenoxy) is 1. The second kappa shape index (κ2) is 6.26. The second-order valence-corrected chi connectivity index (χ2v) is 4.75. The molecule has 0 fully saturated rings. The Bertz CT molecular complexity index is 688. The Hall–Kier alpha value is -2.56. The van der Waals surface area contributed by atoms with Gasteiger partial charge < -0.3 is 14.6 Å². The van der Waals surface area contributed by atoms with E-state index >= 15 is 0 Å². The van der Waals surface area contributed by atoms with Crippen molar-refractivity contribution in [3.05, 3.63) is 48.7 Å². The van der Waals surface area contributed by atoms with E-state index < -0.39 is 12.1 Å². The minimum atomic E-state index is -0.851. The average molecular weight is 286 g/mol. The molecular weight excluding hydrogens is 268 g/mol. The number of carbonyl (C=O) groups excluding carboxylic acids is 2. The van der Waals surface area contributed by atoms with E-state index in [1.165, 1.54) is 0 Å². The molecule has 5 heteroatoms. The molecule has 0 saturated carbocycles. The van der Waals surface area contributed by atoms with Crippen molar-refractivity contribution in [1.82, 2.24) is 9.88 Å². The first-order valence-electron chi connectivity index (χ1n) is 6.68. The minimum Gasteiger partial charge on any atom is -0.449 e. The van der Waals surface area contributed by atoms with Gasteiger partial charge in [0.15, 0.2) is 6.10 Å². The highest BCUT2D eigenvalue weighted by Crippen LogP contribution is 2.21. The van der Waals surface area contributed by atoms with Crippen molar-refractivity contribution in [2.45, 2.75) is 13.0 Å². The Morgan fingerprint density at radius 2 is 2.14 bits per heavy atom. The van der Waals surface area contributed by atoms with Crippen LogP contribution < -0.4 is 5.32 Å². The van der Waals surface area contributed by atoms with Gasteiger partial charge in [0.05, 0.1) is 5.56 Å². The zero-order chi connectivity index (χ0) is 15.4. The maximum absolute atomic E-state index is 12.2. The number of para-hydroxylation sites is 1. The van der Waals surface area contributed by atoms with Crippen molar-refractivity contribution in [2.24, 2.45) is 7.05 Å². The SMILES string of the molecule is C=CCNC(=O)[C@H](C)OC(=O)c1cn(C)c2ccccc12. The van der Waals surface area contributed by atoms with Gasteiger partial charge in [0.25, 0.3) is 5.91 Å². The van der Waals surface area contributed by atoms with Crippen LogP contribution in [0.15, 0.2) is 43.1 Å². The molecule has 110 valence electrons. The topological polar surface area (TPSA) is 60.3 Å². The molecule has 0 saturated heterocycles. The molecule has 1 heterocycles. The number of nitrogens with one attached hydrogen (secondary N) is 1. The lowest BCUT2D eigenvalue weighted by Crippen LogP contribution is -2.35. The van der Waals surface area contributed by atoms with E-state index in [1.54, 1.807) is 19.2 Å². The third-order valence-electron chi connectivity index (χ3n) is 3.19. The molecule has 0 bridgehead atoms. The molecule has 0 aliphatic carbocycles. The van der Waals surface area contributed by atoms with E-state index in [-0.39, 0.29) is 5.91 Å². The number of hydrogen-bond acceptors (Lipinski definition) is 3. The Balaban J connectivity index is 2.16. The average Bonchev–Trinajstić information content (AvgIpc) is 2.82. The van der Waals surface area contributed by atoms with Crippen LogP contribution >= 0.6 is 0 Å². The summed E-state index contributed by atoms with van der Waals surface area (Å²) in [5.41, 5.74) is 1.39. The Labute approximate surface area is 123 Å². The first-order valence-corrected chi connectivity index (χ1v) is 6.68. The molecule has 1 aromatic carbocycles. The number of nitrogens with zero attached hydrogens (tertiary/aromatic N) is 1. The predicted octanol–water partition coefficient (Wildman–Crippen LogP) is 2.03. The van der Waals surface area contributed by atoms with Crippen molar-refractivity contribution in [3.8, 4) is 0 Å². The van der Waals surface area contributed by atoms with Crippen molar-refractivity contribution >= 4 is 22.8 Å². The minimum absolute atomic E-state index is 0.342. The van der Waals surface area contributed by atoms with E-state index in [4.69, 9.17) is 4.74 Å². The highest BCUT2D eigenvalue weighted by atomic mass is 16.5. The predicted molar refractivity (Wildman–Crippen MR) is 81.0 cm³/mol. The summed E-state index contributed by atoms with van der Waals surface area (Å²) >= 11 is 0. The number of aryl methyl sites for hydroxylation is 1. The van der Waals surface area contributed by atoms with Gasteiger partial charge in [-0.05, 0) is 13.0 Å². The van der Waals surface area contributed by atoms with Crippen LogP contribution in [0.25, 0.3) is 10.9 Å². The standard InChI is InChI=1S/C16H18N2O3/c1-4-9-17-15(19)11(2)21-16(20)13-10-18(3)14-8-6-5-7-12(13)14/h4-8,10-11H,1,9H2,2-3H3,(H,17,19)/t11-/m0/s1. The van der Waals surface area contributed by atoms with Crippen LogP contribution in [0.4, 0.5) is 0 Å². The first kappa shape index (κ1) is 14.8. The zero-order valence-electron chi connectivity index (χ0n) is 12.1. The Morgan fingerprint density at radius 3 is 2.86 bits per heavy atom. The molecule has 1 amide bonds. The molecule has 0 unspecified atom stereocenters. The second-order valence-electron chi connectivity index (χ2n) is 4.75. The maximum Gasteiger partial charge on any atom is 0.341 e. The van der Waals surface area contributed by atoms with Crippen LogP contribution in [0.5, 0.6) is 0 Å². The van der Waals surface area contributed by atoms with Gasteiger partial charge in [-0.15, -0.1) is 6.58 Å². The monoisotopic (exact) mass is 286 g/mol. The van der Waals surface area contributed by atoms with Gasteiger partial charge in [-0.25, -0.2) is 4.79 Å². The van der Waals surface area contributed by atoms with E-state index in [0.717, 1.165) is 10.9 Å². The van der Waals surface area contributed by atoms with Crippen molar-refractivity contribution in [1.29, 1.82) is 0 Å². The maximum atomic E-state index is 12.2. The van der Waals surface area contributed by atoms with Gasteiger partial charge in [0, 0.05) is 30.7 Å². The largest absolute Gasteiger partial charge is 0.449 e. The summed E-state index contributed by atoms with van der Waals surface area (Å²) in [4.78, 5) is 23.9. The summed E-state index contributed by atoms with van der Waals surface area (Å²) in [6.45, 7) is 5.40. The molecule has 0 aliphatic rings. The van der Waals surface area contributed by atoms with E-state index in [1.807, 2.05) is 35.9 Å². The molecule has 0 spiro atoms. The van der Waals surface area contributed by atoms with E-state index in [9.17, 15) is 9.59 Å². The summed E-state index contributed by atoms with van der Waals surface area (Å²) < 4.78 is 7.07. The summed E-state index contributed by atoms with van der Waals surface area (Å²) in [5.74, 6) is -0.850. The molecule has 0 aliphatic heterocycles. The normalized spacial score (nSPS) is 11.9. The molecule has 2 rings (SSSR count). The summed E-state index contributed by atoms with van der Waals surface area (Å²) in [6.07, 6.45) is 2.43. The molecule has 1 atom stereocenters. The number of amides is 1. The number of hydrogen-bond donors (Lipinski definition) is 1. The molecule has 1 aromatic heterocycles. The van der Waals surface area contributed by atoms with Crippen LogP contribution in [-0.4, -0.2) is 29.1 Å². The van der Waals surface area contributed by atoms with E-state index in [0.29, 0.717) is 12.1 Å². The summed E-state index contributed by atoms with van der Waals surface area (Å²) in [6, 6.07) is 7.54. The third kappa shape index (κ3) is 3.13. The van der Waals surface area contributed by atoms with Gasteiger partial charge in [-0.3, -0.25) is 4.79 Å². The third-order valence-corrected chi connectivity index (χ3v) is 3.19. The Morgan fingerprint density at radius 1 is 1.43 bits per heavy atom.